The number of ether oxygens (including phenoxy) is 1. The quantitative estimate of drug-likeness (QED) is 0.742. The highest BCUT2D eigenvalue weighted by Gasteiger charge is 2.17. The summed E-state index contributed by atoms with van der Waals surface area (Å²) < 4.78 is 32.3. The summed E-state index contributed by atoms with van der Waals surface area (Å²) in [6.45, 7) is 4.03. The normalized spacial score (nSPS) is 12.4. The van der Waals surface area contributed by atoms with Crippen molar-refractivity contribution in [1.82, 2.24) is 10.0 Å². The highest BCUT2D eigenvalue weighted by Crippen LogP contribution is 2.17. The number of carbonyl (C=O) groups is 1. The van der Waals surface area contributed by atoms with E-state index in [1.54, 1.807) is 14.0 Å². The van der Waals surface area contributed by atoms with Gasteiger partial charge >= 0.3 is 0 Å². The van der Waals surface area contributed by atoms with Gasteiger partial charge in [0.2, 0.25) is 10.0 Å². The Morgan fingerprint density at radius 2 is 1.77 bits per heavy atom. The van der Waals surface area contributed by atoms with Crippen LogP contribution in [0.2, 0.25) is 0 Å². The average molecular weight is 376 g/mol. The van der Waals surface area contributed by atoms with Crippen LogP contribution in [0.25, 0.3) is 0 Å². The Kier molecular flexibility index (Phi) is 6.76. The topological polar surface area (TPSA) is 84.5 Å². The second-order valence-electron chi connectivity index (χ2n) is 5.95. The number of benzene rings is 2. The van der Waals surface area contributed by atoms with E-state index in [1.807, 2.05) is 31.2 Å². The summed E-state index contributed by atoms with van der Waals surface area (Å²) in [4.78, 5) is 12.4. The summed E-state index contributed by atoms with van der Waals surface area (Å²) in [5, 5.41) is 2.81. The summed E-state index contributed by atoms with van der Waals surface area (Å²) >= 11 is 0. The molecule has 0 heterocycles. The molecule has 2 aromatic carbocycles. The Balaban J connectivity index is 2.04. The van der Waals surface area contributed by atoms with Crippen molar-refractivity contribution in [1.29, 1.82) is 0 Å². The number of amides is 1. The molecule has 6 nitrogen and oxygen atoms in total. The third kappa shape index (κ3) is 5.06. The molecule has 0 saturated heterocycles. The molecule has 1 atom stereocenters. The first-order valence-corrected chi connectivity index (χ1v) is 9.88. The summed E-state index contributed by atoms with van der Waals surface area (Å²) in [7, 11) is -2.00. The van der Waals surface area contributed by atoms with Crippen LogP contribution in [0.4, 0.5) is 0 Å². The second-order valence-corrected chi connectivity index (χ2v) is 7.66. The molecule has 7 heteroatoms. The first kappa shape index (κ1) is 19.9. The monoisotopic (exact) mass is 376 g/mol. The van der Waals surface area contributed by atoms with Crippen molar-refractivity contribution < 1.29 is 17.9 Å². The third-order valence-corrected chi connectivity index (χ3v) is 5.63. The highest BCUT2D eigenvalue weighted by atomic mass is 32.2. The minimum atomic E-state index is -3.58. The number of sulfonamides is 1. The maximum absolute atomic E-state index is 12.3. The molecule has 0 aliphatic rings. The van der Waals surface area contributed by atoms with Crippen LogP contribution >= 0.6 is 0 Å². The third-order valence-electron chi connectivity index (χ3n) is 4.03. The van der Waals surface area contributed by atoms with Gasteiger partial charge in [0.1, 0.15) is 5.75 Å². The minimum Gasteiger partial charge on any atom is -0.496 e. The molecule has 140 valence electrons. The fourth-order valence-corrected chi connectivity index (χ4v) is 3.66. The lowest BCUT2D eigenvalue weighted by Gasteiger charge is -2.12. The number of methoxy groups -OCH3 is 1. The molecule has 0 radical (unpaired) electrons. The molecular weight excluding hydrogens is 352 g/mol. The average Bonchev–Trinajstić information content (AvgIpc) is 2.66. The molecule has 0 unspecified atom stereocenters. The van der Waals surface area contributed by atoms with E-state index >= 15 is 0 Å². The van der Waals surface area contributed by atoms with Gasteiger partial charge in [-0.1, -0.05) is 25.1 Å². The van der Waals surface area contributed by atoms with Gasteiger partial charge in [0.15, 0.2) is 0 Å². The van der Waals surface area contributed by atoms with Gasteiger partial charge in [-0.25, -0.2) is 13.1 Å². The SMILES string of the molecule is CC[C@@H](C)NS(=O)(=O)c1ccc(C(=O)NCc2ccccc2OC)cc1. The lowest BCUT2D eigenvalue weighted by molar-refractivity contribution is 0.0950. The van der Waals surface area contributed by atoms with Gasteiger partial charge in [-0.2, -0.15) is 0 Å². The molecule has 2 aromatic rings. The summed E-state index contributed by atoms with van der Waals surface area (Å²) in [6, 6.07) is 13.1. The summed E-state index contributed by atoms with van der Waals surface area (Å²) in [5.41, 5.74) is 1.25. The van der Waals surface area contributed by atoms with Crippen LogP contribution < -0.4 is 14.8 Å². The molecular formula is C19H24N2O4S. The van der Waals surface area contributed by atoms with Gasteiger partial charge in [0, 0.05) is 23.7 Å². The standard InChI is InChI=1S/C19H24N2O4S/c1-4-14(2)21-26(23,24)17-11-9-15(10-12-17)19(22)20-13-16-7-5-6-8-18(16)25-3/h5-12,14,21H,4,13H2,1-3H3,(H,20,22)/t14-/m1/s1. The zero-order valence-corrected chi connectivity index (χ0v) is 16.0. The molecule has 0 aliphatic carbocycles. The van der Waals surface area contributed by atoms with Gasteiger partial charge in [-0.3, -0.25) is 4.79 Å². The second kappa shape index (κ2) is 8.82. The lowest BCUT2D eigenvalue weighted by Crippen LogP contribution is -2.32. The van der Waals surface area contributed by atoms with E-state index in [4.69, 9.17) is 4.74 Å². The number of carbonyl (C=O) groups excluding carboxylic acids is 1. The summed E-state index contributed by atoms with van der Waals surface area (Å²) in [6.07, 6.45) is 0.697. The lowest BCUT2D eigenvalue weighted by atomic mass is 10.2. The fraction of sp³-hybridized carbons (Fsp3) is 0.316. The van der Waals surface area contributed by atoms with Crippen LogP contribution in [-0.2, 0) is 16.6 Å². The van der Waals surface area contributed by atoms with Crippen LogP contribution in [-0.4, -0.2) is 27.5 Å². The van der Waals surface area contributed by atoms with E-state index in [9.17, 15) is 13.2 Å². The van der Waals surface area contributed by atoms with Crippen molar-refractivity contribution in [3.05, 3.63) is 59.7 Å². The van der Waals surface area contributed by atoms with Crippen molar-refractivity contribution in [2.45, 2.75) is 37.8 Å². The van der Waals surface area contributed by atoms with E-state index in [-0.39, 0.29) is 16.8 Å². The van der Waals surface area contributed by atoms with Crippen LogP contribution in [0.5, 0.6) is 5.75 Å². The first-order valence-electron chi connectivity index (χ1n) is 8.40. The maximum atomic E-state index is 12.3. The Morgan fingerprint density at radius 3 is 2.38 bits per heavy atom. The smallest absolute Gasteiger partial charge is 0.251 e. The van der Waals surface area contributed by atoms with Crippen LogP contribution in [0, 0.1) is 0 Å². The van der Waals surface area contributed by atoms with E-state index in [0.29, 0.717) is 24.3 Å². The summed E-state index contributed by atoms with van der Waals surface area (Å²) in [5.74, 6) is 0.417. The minimum absolute atomic E-state index is 0.138. The van der Waals surface area contributed by atoms with Crippen LogP contribution in [0.3, 0.4) is 0 Å². The number of para-hydroxylation sites is 1. The van der Waals surface area contributed by atoms with Crippen molar-refractivity contribution in [2.24, 2.45) is 0 Å². The predicted molar refractivity (Wildman–Crippen MR) is 101 cm³/mol. The van der Waals surface area contributed by atoms with E-state index in [0.717, 1.165) is 5.56 Å². The van der Waals surface area contributed by atoms with Crippen molar-refractivity contribution in [2.75, 3.05) is 7.11 Å². The van der Waals surface area contributed by atoms with Crippen molar-refractivity contribution in [3.8, 4) is 5.75 Å². The van der Waals surface area contributed by atoms with E-state index in [2.05, 4.69) is 10.0 Å². The van der Waals surface area contributed by atoms with E-state index < -0.39 is 10.0 Å². The van der Waals surface area contributed by atoms with Gasteiger partial charge in [-0.05, 0) is 43.7 Å². The Morgan fingerprint density at radius 1 is 1.12 bits per heavy atom. The first-order chi connectivity index (χ1) is 12.4. The Hall–Kier alpha value is -2.38. The maximum Gasteiger partial charge on any atom is 0.251 e. The van der Waals surface area contributed by atoms with Crippen LogP contribution in [0.15, 0.2) is 53.4 Å². The largest absolute Gasteiger partial charge is 0.496 e. The zero-order valence-electron chi connectivity index (χ0n) is 15.2. The van der Waals surface area contributed by atoms with Gasteiger partial charge in [0.25, 0.3) is 5.91 Å². The van der Waals surface area contributed by atoms with Crippen molar-refractivity contribution in [3.63, 3.8) is 0 Å². The molecule has 26 heavy (non-hydrogen) atoms. The van der Waals surface area contributed by atoms with Gasteiger partial charge < -0.3 is 10.1 Å². The number of rotatable bonds is 8. The molecule has 0 fully saturated rings. The zero-order chi connectivity index (χ0) is 19.2. The molecule has 0 bridgehead atoms. The Bertz CT molecular complexity index is 848. The van der Waals surface area contributed by atoms with Crippen LogP contribution in [0.1, 0.15) is 36.2 Å². The molecule has 0 aromatic heterocycles. The molecule has 2 rings (SSSR count). The van der Waals surface area contributed by atoms with Crippen molar-refractivity contribution >= 4 is 15.9 Å². The fourth-order valence-electron chi connectivity index (χ4n) is 2.33. The molecule has 1 amide bonds. The number of hydrogen-bond acceptors (Lipinski definition) is 4. The van der Waals surface area contributed by atoms with Gasteiger partial charge in [0.05, 0.1) is 12.0 Å². The molecule has 0 spiro atoms. The van der Waals surface area contributed by atoms with Gasteiger partial charge in [-0.15, -0.1) is 0 Å². The van der Waals surface area contributed by atoms with E-state index in [1.165, 1.54) is 24.3 Å². The Labute approximate surface area is 154 Å². The highest BCUT2D eigenvalue weighted by molar-refractivity contribution is 7.89. The number of nitrogens with one attached hydrogen (secondary N) is 2. The predicted octanol–water partition coefficient (Wildman–Crippen LogP) is 2.70. The number of hydrogen-bond donors (Lipinski definition) is 2. The molecule has 0 aliphatic heterocycles. The molecule has 0 saturated carbocycles. The molecule has 2 N–H and O–H groups in total.